The minimum absolute atomic E-state index is 0.199. The van der Waals surface area contributed by atoms with Crippen molar-refractivity contribution in [1.29, 1.82) is 0 Å². The monoisotopic (exact) mass is 239 g/mol. The second-order valence-corrected chi connectivity index (χ2v) is 4.22. The Kier molecular flexibility index (Phi) is 3.84. The Balaban J connectivity index is 2.41. The molecule has 0 radical (unpaired) electrons. The molecule has 0 bridgehead atoms. The third kappa shape index (κ3) is 2.36. The van der Waals surface area contributed by atoms with E-state index in [1.807, 2.05) is 0 Å². The molecule has 1 saturated heterocycles. The van der Waals surface area contributed by atoms with Gasteiger partial charge in [0.15, 0.2) is 11.5 Å². The normalized spacial score (nSPS) is 16.9. The van der Waals surface area contributed by atoms with Crippen LogP contribution in [0.3, 0.4) is 0 Å². The summed E-state index contributed by atoms with van der Waals surface area (Å²) in [5.74, 6) is 1.15. The standard InChI is InChI=1S/C13H18FNO2/c1-16-11-4-3-10(14)12(13(11)17-2)9-5-7-15-8-6-9/h3-4,9,15H,5-8H2,1-2H3. The van der Waals surface area contributed by atoms with Crippen LogP contribution < -0.4 is 14.8 Å². The first-order valence-corrected chi connectivity index (χ1v) is 5.89. The average Bonchev–Trinajstić information content (AvgIpc) is 2.39. The molecule has 1 fully saturated rings. The fraction of sp³-hybridized carbons (Fsp3) is 0.538. The zero-order valence-electron chi connectivity index (χ0n) is 10.3. The fourth-order valence-electron chi connectivity index (χ4n) is 2.42. The molecule has 1 aliphatic heterocycles. The van der Waals surface area contributed by atoms with E-state index in [1.165, 1.54) is 6.07 Å². The number of methoxy groups -OCH3 is 2. The topological polar surface area (TPSA) is 30.5 Å². The molecule has 1 aliphatic rings. The van der Waals surface area contributed by atoms with E-state index in [0.717, 1.165) is 25.9 Å². The molecule has 0 aliphatic carbocycles. The van der Waals surface area contributed by atoms with Crippen molar-refractivity contribution in [3.05, 3.63) is 23.5 Å². The van der Waals surface area contributed by atoms with Gasteiger partial charge in [-0.05, 0) is 44.0 Å². The highest BCUT2D eigenvalue weighted by atomic mass is 19.1. The van der Waals surface area contributed by atoms with Crippen LogP contribution in [0.2, 0.25) is 0 Å². The van der Waals surface area contributed by atoms with Crippen molar-refractivity contribution in [1.82, 2.24) is 5.32 Å². The molecule has 4 heteroatoms. The largest absolute Gasteiger partial charge is 0.493 e. The van der Waals surface area contributed by atoms with E-state index in [-0.39, 0.29) is 11.7 Å². The summed E-state index contributed by atoms with van der Waals surface area (Å²) in [6, 6.07) is 3.07. The van der Waals surface area contributed by atoms with Crippen molar-refractivity contribution >= 4 is 0 Å². The quantitative estimate of drug-likeness (QED) is 0.878. The second-order valence-electron chi connectivity index (χ2n) is 4.22. The number of benzene rings is 1. The summed E-state index contributed by atoms with van der Waals surface area (Å²) in [4.78, 5) is 0. The van der Waals surface area contributed by atoms with Gasteiger partial charge in [0.1, 0.15) is 5.82 Å². The molecule has 17 heavy (non-hydrogen) atoms. The Bertz CT molecular complexity index is 389. The van der Waals surface area contributed by atoms with Gasteiger partial charge in [0.05, 0.1) is 14.2 Å². The van der Waals surface area contributed by atoms with Gasteiger partial charge in [-0.15, -0.1) is 0 Å². The van der Waals surface area contributed by atoms with Crippen LogP contribution in [0.15, 0.2) is 12.1 Å². The van der Waals surface area contributed by atoms with Gasteiger partial charge in [0.2, 0.25) is 0 Å². The van der Waals surface area contributed by atoms with Gasteiger partial charge in [-0.1, -0.05) is 0 Å². The Labute approximate surface area is 101 Å². The van der Waals surface area contributed by atoms with E-state index >= 15 is 0 Å². The molecule has 3 nitrogen and oxygen atoms in total. The van der Waals surface area contributed by atoms with E-state index in [4.69, 9.17) is 9.47 Å². The molecule has 94 valence electrons. The van der Waals surface area contributed by atoms with Crippen molar-refractivity contribution in [2.24, 2.45) is 0 Å². The molecule has 1 N–H and O–H groups in total. The summed E-state index contributed by atoms with van der Waals surface area (Å²) in [5.41, 5.74) is 0.661. The summed E-state index contributed by atoms with van der Waals surface area (Å²) >= 11 is 0. The maximum absolute atomic E-state index is 14.0. The van der Waals surface area contributed by atoms with Crippen LogP contribution >= 0.6 is 0 Å². The van der Waals surface area contributed by atoms with Crippen LogP contribution in [0.4, 0.5) is 4.39 Å². The Morgan fingerprint density at radius 1 is 1.18 bits per heavy atom. The van der Waals surface area contributed by atoms with Crippen molar-refractivity contribution in [3.63, 3.8) is 0 Å². The van der Waals surface area contributed by atoms with Crippen LogP contribution in [0.5, 0.6) is 11.5 Å². The van der Waals surface area contributed by atoms with E-state index in [0.29, 0.717) is 17.1 Å². The van der Waals surface area contributed by atoms with Gasteiger partial charge >= 0.3 is 0 Å². The molecule has 1 heterocycles. The van der Waals surface area contributed by atoms with Crippen LogP contribution in [0, 0.1) is 5.82 Å². The molecule has 1 aromatic rings. The van der Waals surface area contributed by atoms with Crippen molar-refractivity contribution in [2.45, 2.75) is 18.8 Å². The van der Waals surface area contributed by atoms with E-state index in [2.05, 4.69) is 5.32 Å². The molecule has 0 amide bonds. The Hall–Kier alpha value is -1.29. The molecule has 0 spiro atoms. The third-order valence-corrected chi connectivity index (χ3v) is 3.28. The lowest BCUT2D eigenvalue weighted by Crippen LogP contribution is -2.27. The number of ether oxygens (including phenoxy) is 2. The minimum atomic E-state index is -0.199. The number of rotatable bonds is 3. The first-order valence-electron chi connectivity index (χ1n) is 5.89. The summed E-state index contributed by atoms with van der Waals surface area (Å²) in [5, 5.41) is 3.28. The highest BCUT2D eigenvalue weighted by Crippen LogP contribution is 2.40. The molecule has 0 atom stereocenters. The molecular weight excluding hydrogens is 221 g/mol. The smallest absolute Gasteiger partial charge is 0.167 e. The number of hydrogen-bond donors (Lipinski definition) is 1. The van der Waals surface area contributed by atoms with Crippen LogP contribution in [-0.2, 0) is 0 Å². The molecule has 2 rings (SSSR count). The van der Waals surface area contributed by atoms with Crippen LogP contribution in [0.25, 0.3) is 0 Å². The number of piperidine rings is 1. The maximum Gasteiger partial charge on any atom is 0.167 e. The highest BCUT2D eigenvalue weighted by Gasteiger charge is 2.24. The molecule has 1 aromatic carbocycles. The predicted molar refractivity (Wildman–Crippen MR) is 64.3 cm³/mol. The van der Waals surface area contributed by atoms with E-state index in [1.54, 1.807) is 20.3 Å². The van der Waals surface area contributed by atoms with Crippen LogP contribution in [0.1, 0.15) is 24.3 Å². The number of hydrogen-bond acceptors (Lipinski definition) is 3. The zero-order chi connectivity index (χ0) is 12.3. The minimum Gasteiger partial charge on any atom is -0.493 e. The highest BCUT2D eigenvalue weighted by molar-refractivity contribution is 5.49. The summed E-state index contributed by atoms with van der Waals surface area (Å²) in [7, 11) is 3.13. The van der Waals surface area contributed by atoms with Gasteiger partial charge < -0.3 is 14.8 Å². The maximum atomic E-state index is 14.0. The SMILES string of the molecule is COc1ccc(F)c(C2CCNCC2)c1OC. The Morgan fingerprint density at radius 2 is 1.88 bits per heavy atom. The fourth-order valence-corrected chi connectivity index (χ4v) is 2.42. The summed E-state index contributed by atoms with van der Waals surface area (Å²) in [6.45, 7) is 1.84. The zero-order valence-corrected chi connectivity index (χ0v) is 10.3. The molecular formula is C13H18FNO2. The lowest BCUT2D eigenvalue weighted by atomic mass is 9.89. The van der Waals surface area contributed by atoms with E-state index in [9.17, 15) is 4.39 Å². The number of nitrogens with one attached hydrogen (secondary N) is 1. The van der Waals surface area contributed by atoms with Gasteiger partial charge in [-0.25, -0.2) is 4.39 Å². The average molecular weight is 239 g/mol. The first kappa shape index (κ1) is 12.2. The molecule has 0 saturated carbocycles. The number of halogens is 1. The van der Waals surface area contributed by atoms with Gasteiger partial charge in [0, 0.05) is 5.56 Å². The lowest BCUT2D eigenvalue weighted by molar-refractivity contribution is 0.338. The van der Waals surface area contributed by atoms with Gasteiger partial charge in [0.25, 0.3) is 0 Å². The third-order valence-electron chi connectivity index (χ3n) is 3.28. The van der Waals surface area contributed by atoms with Gasteiger partial charge in [-0.2, -0.15) is 0 Å². The lowest BCUT2D eigenvalue weighted by Gasteiger charge is -2.25. The van der Waals surface area contributed by atoms with Crippen LogP contribution in [-0.4, -0.2) is 27.3 Å². The van der Waals surface area contributed by atoms with E-state index < -0.39 is 0 Å². The predicted octanol–water partition coefficient (Wildman–Crippen LogP) is 2.31. The first-order chi connectivity index (χ1) is 8.27. The van der Waals surface area contributed by atoms with Crippen molar-refractivity contribution < 1.29 is 13.9 Å². The molecule has 0 unspecified atom stereocenters. The summed E-state index contributed by atoms with van der Waals surface area (Å²) in [6.07, 6.45) is 1.86. The summed E-state index contributed by atoms with van der Waals surface area (Å²) < 4.78 is 24.5. The second kappa shape index (κ2) is 5.36. The molecule has 0 aromatic heterocycles. The Morgan fingerprint density at radius 3 is 2.47 bits per heavy atom. The van der Waals surface area contributed by atoms with Gasteiger partial charge in [-0.3, -0.25) is 0 Å². The van der Waals surface area contributed by atoms with Crippen molar-refractivity contribution in [3.8, 4) is 11.5 Å². The van der Waals surface area contributed by atoms with Crippen molar-refractivity contribution in [2.75, 3.05) is 27.3 Å².